The molecule has 2 aliphatic heterocycles. The van der Waals surface area contributed by atoms with Gasteiger partial charge in [0.2, 0.25) is 11.5 Å². The van der Waals surface area contributed by atoms with Gasteiger partial charge in [0, 0.05) is 42.1 Å². The lowest BCUT2D eigenvalue weighted by molar-refractivity contribution is -0.689. The first-order valence-corrected chi connectivity index (χ1v) is 13.3. The minimum Gasteiger partial charge on any atom is -0.491 e. The molecule has 4 N–H and O–H groups in total. The van der Waals surface area contributed by atoms with Crippen LogP contribution in [-0.4, -0.2) is 87.0 Å². The second-order valence-electron chi connectivity index (χ2n) is 7.98. The molecule has 0 bridgehead atoms. The summed E-state index contributed by atoms with van der Waals surface area (Å²) in [6.07, 6.45) is 3.54. The van der Waals surface area contributed by atoms with Crippen LogP contribution in [0.1, 0.15) is 12.7 Å². The van der Waals surface area contributed by atoms with Crippen molar-refractivity contribution < 1.29 is 38.4 Å². The van der Waals surface area contributed by atoms with Gasteiger partial charge in [-0.05, 0) is 6.92 Å². The standard InChI is InChI=1S/C22H25N7O7S2/c1-3-36-26-14(17-25-22(23)38-27-17)18(30)24-15-19(31)29-16(21(32)33)12(11-37-20(15)29)10-28-6-4-13(5-7-28)35-9-8-34-2/h4-7,15,20H,3,8-11H2,1-2H3,(H3-,23,24,25,27,30,32,33)/p+1/t15?,20-/m0/s1. The molecule has 2 atom stereocenters. The number of anilines is 1. The second-order valence-corrected chi connectivity index (χ2v) is 9.87. The van der Waals surface area contributed by atoms with Gasteiger partial charge in [0.25, 0.3) is 11.8 Å². The first kappa shape index (κ1) is 27.3. The van der Waals surface area contributed by atoms with E-state index in [4.69, 9.17) is 20.0 Å². The number of nitrogens with zero attached hydrogens (tertiary/aromatic N) is 5. The normalized spacial score (nSPS) is 19.1. The van der Waals surface area contributed by atoms with E-state index in [1.807, 2.05) is 0 Å². The number of pyridine rings is 1. The molecule has 16 heteroatoms. The van der Waals surface area contributed by atoms with Gasteiger partial charge in [-0.1, -0.05) is 5.16 Å². The van der Waals surface area contributed by atoms with Crippen molar-refractivity contribution in [2.45, 2.75) is 24.9 Å². The largest absolute Gasteiger partial charge is 0.491 e. The Hall–Kier alpha value is -3.76. The van der Waals surface area contributed by atoms with Crippen LogP contribution in [0.2, 0.25) is 0 Å². The molecule has 14 nitrogen and oxygen atoms in total. The van der Waals surface area contributed by atoms with Crippen LogP contribution < -0.4 is 20.4 Å². The van der Waals surface area contributed by atoms with E-state index in [0.29, 0.717) is 30.3 Å². The molecule has 2 amide bonds. The SMILES string of the molecule is CCON=C(C(=O)NC1C(=O)N2C(C(=O)O)=C(C[n+]3ccc(OCCOC)cc3)CS[C@@H]12)c1nsc(N)n1. The summed E-state index contributed by atoms with van der Waals surface area (Å²) in [5, 5.41) is 15.9. The van der Waals surface area contributed by atoms with Crippen molar-refractivity contribution in [3.8, 4) is 5.75 Å². The third-order valence-corrected chi connectivity index (χ3v) is 7.36. The van der Waals surface area contributed by atoms with Gasteiger partial charge in [0.05, 0.1) is 6.61 Å². The van der Waals surface area contributed by atoms with Crippen molar-refractivity contribution >= 4 is 51.9 Å². The summed E-state index contributed by atoms with van der Waals surface area (Å²) in [7, 11) is 1.59. The first-order chi connectivity index (χ1) is 18.3. The predicted molar refractivity (Wildman–Crippen MR) is 136 cm³/mol. The zero-order valence-electron chi connectivity index (χ0n) is 20.5. The molecule has 1 saturated heterocycles. The lowest BCUT2D eigenvalue weighted by atomic mass is 10.0. The van der Waals surface area contributed by atoms with Crippen LogP contribution in [0.25, 0.3) is 0 Å². The Bertz CT molecular complexity index is 1260. The van der Waals surface area contributed by atoms with Crippen LogP contribution in [0.3, 0.4) is 0 Å². The zero-order valence-corrected chi connectivity index (χ0v) is 22.2. The lowest BCUT2D eigenvalue weighted by Crippen LogP contribution is -2.71. The van der Waals surface area contributed by atoms with Gasteiger partial charge in [0.1, 0.15) is 36.1 Å². The molecule has 1 fully saturated rings. The van der Waals surface area contributed by atoms with Crippen LogP contribution in [0.4, 0.5) is 5.13 Å². The van der Waals surface area contributed by atoms with Gasteiger partial charge in [0.15, 0.2) is 24.1 Å². The molecule has 0 radical (unpaired) electrons. The number of aromatic nitrogens is 3. The number of amides is 2. The monoisotopic (exact) mass is 564 g/mol. The summed E-state index contributed by atoms with van der Waals surface area (Å²) in [6.45, 7) is 3.03. The van der Waals surface area contributed by atoms with Crippen molar-refractivity contribution in [1.82, 2.24) is 19.6 Å². The maximum absolute atomic E-state index is 13.0. The number of carbonyl (C=O) groups excluding carboxylic acids is 2. The molecule has 0 aromatic carbocycles. The molecular formula is C22H26N7O7S2+. The van der Waals surface area contributed by atoms with Crippen molar-refractivity contribution in [2.75, 3.05) is 38.4 Å². The average Bonchev–Trinajstić information content (AvgIpc) is 3.33. The summed E-state index contributed by atoms with van der Waals surface area (Å²) in [5.74, 6) is -1.51. The van der Waals surface area contributed by atoms with Crippen molar-refractivity contribution in [1.29, 1.82) is 0 Å². The maximum atomic E-state index is 13.0. The van der Waals surface area contributed by atoms with Crippen molar-refractivity contribution in [3.63, 3.8) is 0 Å². The number of β-lactam (4-membered cyclic amide) rings is 1. The van der Waals surface area contributed by atoms with E-state index in [1.165, 1.54) is 16.7 Å². The van der Waals surface area contributed by atoms with Crippen LogP contribution >= 0.6 is 23.3 Å². The van der Waals surface area contributed by atoms with Gasteiger partial charge >= 0.3 is 5.97 Å². The fourth-order valence-corrected chi connectivity index (χ4v) is 5.54. The molecule has 1 unspecified atom stereocenters. The fraction of sp³-hybridized carbons (Fsp3) is 0.409. The third-order valence-electron chi connectivity index (χ3n) is 5.48. The average molecular weight is 565 g/mol. The smallest absolute Gasteiger partial charge is 0.352 e. The quantitative estimate of drug-likeness (QED) is 0.100. The number of hydrogen-bond donors (Lipinski definition) is 3. The lowest BCUT2D eigenvalue weighted by Gasteiger charge is -2.49. The van der Waals surface area contributed by atoms with E-state index in [1.54, 1.807) is 43.1 Å². The number of thioether (sulfide) groups is 1. The van der Waals surface area contributed by atoms with Gasteiger partial charge in [-0.3, -0.25) is 14.5 Å². The highest BCUT2D eigenvalue weighted by molar-refractivity contribution is 8.00. The van der Waals surface area contributed by atoms with Crippen molar-refractivity contribution in [2.24, 2.45) is 5.16 Å². The Balaban J connectivity index is 1.47. The van der Waals surface area contributed by atoms with Crippen LogP contribution in [0.5, 0.6) is 5.75 Å². The van der Waals surface area contributed by atoms with E-state index in [2.05, 4.69) is 19.8 Å². The number of nitrogens with one attached hydrogen (secondary N) is 1. The number of carbonyl (C=O) groups is 3. The topological polar surface area (TPSA) is 182 Å². The summed E-state index contributed by atoms with van der Waals surface area (Å²) >= 11 is 2.24. The molecule has 202 valence electrons. The molecule has 0 saturated carbocycles. The summed E-state index contributed by atoms with van der Waals surface area (Å²) in [5.41, 5.74) is 5.86. The first-order valence-electron chi connectivity index (χ1n) is 11.4. The molecule has 38 heavy (non-hydrogen) atoms. The highest BCUT2D eigenvalue weighted by Gasteiger charge is 2.54. The molecule has 4 rings (SSSR count). The number of carboxylic acids is 1. The predicted octanol–water partition coefficient (Wildman–Crippen LogP) is -0.388. The van der Waals surface area contributed by atoms with E-state index >= 15 is 0 Å². The number of nitrogen functional groups attached to an aromatic ring is 1. The Morgan fingerprint density at radius 1 is 1.34 bits per heavy atom. The third kappa shape index (κ3) is 5.87. The minimum atomic E-state index is -1.22. The molecule has 2 aromatic heterocycles. The Morgan fingerprint density at radius 3 is 2.74 bits per heavy atom. The highest BCUT2D eigenvalue weighted by Crippen LogP contribution is 2.40. The molecule has 2 aromatic rings. The Kier molecular flexibility index (Phi) is 8.75. The number of rotatable bonds is 12. The summed E-state index contributed by atoms with van der Waals surface area (Å²) < 4.78 is 16.3. The molecule has 2 aliphatic rings. The Labute approximate surface area is 225 Å². The van der Waals surface area contributed by atoms with Gasteiger partial charge < -0.3 is 30.5 Å². The second kappa shape index (κ2) is 12.2. The highest BCUT2D eigenvalue weighted by atomic mass is 32.2. The van der Waals surface area contributed by atoms with Crippen LogP contribution in [-0.2, 0) is 30.5 Å². The van der Waals surface area contributed by atoms with E-state index < -0.39 is 29.2 Å². The number of ether oxygens (including phenoxy) is 2. The van der Waals surface area contributed by atoms with E-state index in [-0.39, 0.29) is 35.5 Å². The number of fused-ring (bicyclic) bond motifs is 1. The number of nitrogens with two attached hydrogens (primary N) is 1. The van der Waals surface area contributed by atoms with Gasteiger partial charge in [-0.15, -0.1) is 11.8 Å². The summed E-state index contributed by atoms with van der Waals surface area (Å²) in [4.78, 5) is 48.3. The number of carboxylic acid groups (broad SMARTS) is 1. The maximum Gasteiger partial charge on any atom is 0.352 e. The van der Waals surface area contributed by atoms with Gasteiger partial charge in [-0.25, -0.2) is 9.36 Å². The zero-order chi connectivity index (χ0) is 27.2. The fourth-order valence-electron chi connectivity index (χ4n) is 3.77. The molecule has 4 heterocycles. The van der Waals surface area contributed by atoms with E-state index in [9.17, 15) is 19.5 Å². The van der Waals surface area contributed by atoms with E-state index in [0.717, 1.165) is 11.5 Å². The number of hydrogen-bond acceptors (Lipinski definition) is 12. The number of methoxy groups -OCH3 is 1. The van der Waals surface area contributed by atoms with Crippen LogP contribution in [0, 0.1) is 0 Å². The molecule has 0 aliphatic carbocycles. The Morgan fingerprint density at radius 2 is 2.11 bits per heavy atom. The molecular weight excluding hydrogens is 538 g/mol. The number of oxime groups is 1. The van der Waals surface area contributed by atoms with Gasteiger partial charge in [-0.2, -0.15) is 9.36 Å². The van der Waals surface area contributed by atoms with Crippen molar-refractivity contribution in [3.05, 3.63) is 41.6 Å². The number of aliphatic carboxylic acids is 1. The van der Waals surface area contributed by atoms with Crippen LogP contribution in [0.15, 0.2) is 41.0 Å². The molecule has 0 spiro atoms. The minimum absolute atomic E-state index is 0.0288. The summed E-state index contributed by atoms with van der Waals surface area (Å²) in [6, 6.07) is 2.58.